The van der Waals surface area contributed by atoms with Crippen molar-refractivity contribution in [3.05, 3.63) is 88.2 Å². The molecular weight excluding hydrogens is 498 g/mol. The third-order valence-corrected chi connectivity index (χ3v) is 6.93. The van der Waals surface area contributed by atoms with Gasteiger partial charge in [-0.1, -0.05) is 35.9 Å². The second kappa shape index (κ2) is 13.3. The molecule has 38 heavy (non-hydrogen) atoms. The van der Waals surface area contributed by atoms with Gasteiger partial charge in [0.1, 0.15) is 17.3 Å². The standard InChI is InChI=1S/C31H36ClN3O3/c1-22-12-13-23(2)29(19-22)38-21-31(36)33-16-8-11-30-34-27-9-4-5-10-28(27)35(30)17-6-7-18-37-25-14-15-26(32)24(3)20-25/h4-5,9-10,12-15,19-20H,6-8,11,16-18,21H2,1-3H3,(H,33,36). The number of halogens is 1. The summed E-state index contributed by atoms with van der Waals surface area (Å²) in [5, 5.41) is 3.72. The molecule has 0 atom stereocenters. The summed E-state index contributed by atoms with van der Waals surface area (Å²) in [6.45, 7) is 8.08. The number of para-hydroxylation sites is 2. The van der Waals surface area contributed by atoms with Crippen LogP contribution in [0.25, 0.3) is 11.0 Å². The number of carbonyl (C=O) groups is 1. The molecule has 0 aliphatic heterocycles. The van der Waals surface area contributed by atoms with Crippen LogP contribution in [0.3, 0.4) is 0 Å². The maximum Gasteiger partial charge on any atom is 0.257 e. The first kappa shape index (κ1) is 27.5. The average Bonchev–Trinajstić information content (AvgIpc) is 3.26. The minimum atomic E-state index is -0.115. The smallest absolute Gasteiger partial charge is 0.257 e. The van der Waals surface area contributed by atoms with Crippen molar-refractivity contribution in [3.63, 3.8) is 0 Å². The molecule has 200 valence electrons. The first-order chi connectivity index (χ1) is 18.4. The van der Waals surface area contributed by atoms with Crippen LogP contribution in [0.1, 0.15) is 41.8 Å². The number of aromatic nitrogens is 2. The highest BCUT2D eigenvalue weighted by Gasteiger charge is 2.11. The Labute approximate surface area is 229 Å². The number of benzene rings is 3. The minimum Gasteiger partial charge on any atom is -0.494 e. The molecule has 0 spiro atoms. The number of rotatable bonds is 13. The van der Waals surface area contributed by atoms with E-state index in [0.29, 0.717) is 13.2 Å². The molecule has 0 radical (unpaired) electrons. The Morgan fingerprint density at radius 2 is 1.79 bits per heavy atom. The van der Waals surface area contributed by atoms with Gasteiger partial charge in [0.25, 0.3) is 5.91 Å². The maximum absolute atomic E-state index is 12.3. The molecule has 1 N–H and O–H groups in total. The maximum atomic E-state index is 12.3. The Morgan fingerprint density at radius 1 is 0.947 bits per heavy atom. The molecular formula is C31H36ClN3O3. The summed E-state index contributed by atoms with van der Waals surface area (Å²) in [6, 6.07) is 20.0. The molecule has 7 heteroatoms. The van der Waals surface area contributed by atoms with Crippen molar-refractivity contribution >= 4 is 28.5 Å². The number of nitrogens with one attached hydrogen (secondary N) is 1. The van der Waals surface area contributed by atoms with Gasteiger partial charge in [0.2, 0.25) is 0 Å². The lowest BCUT2D eigenvalue weighted by Gasteiger charge is -2.12. The van der Waals surface area contributed by atoms with Gasteiger partial charge >= 0.3 is 0 Å². The Bertz CT molecular complexity index is 1380. The largest absolute Gasteiger partial charge is 0.494 e. The number of imidazole rings is 1. The lowest BCUT2D eigenvalue weighted by atomic mass is 10.1. The average molecular weight is 534 g/mol. The Morgan fingerprint density at radius 3 is 2.63 bits per heavy atom. The number of nitrogens with zero attached hydrogens (tertiary/aromatic N) is 2. The number of aryl methyl sites for hydroxylation is 5. The van der Waals surface area contributed by atoms with Gasteiger partial charge in [0.15, 0.2) is 6.61 Å². The number of carbonyl (C=O) groups excluding carboxylic acids is 1. The molecule has 0 saturated heterocycles. The molecule has 0 saturated carbocycles. The molecule has 0 fully saturated rings. The van der Waals surface area contributed by atoms with E-state index in [1.807, 2.05) is 75.4 Å². The summed E-state index contributed by atoms with van der Waals surface area (Å²) in [7, 11) is 0. The van der Waals surface area contributed by atoms with Gasteiger partial charge in [-0.05, 0) is 93.1 Å². The Balaban J connectivity index is 1.24. The fraction of sp³-hybridized carbons (Fsp3) is 0.355. The zero-order chi connectivity index (χ0) is 26.9. The number of unbranched alkanes of at least 4 members (excludes halogenated alkanes) is 1. The second-order valence-electron chi connectivity index (χ2n) is 9.65. The minimum absolute atomic E-state index is 0.0144. The normalized spacial score (nSPS) is 11.1. The van der Waals surface area contributed by atoms with Gasteiger partial charge in [-0.3, -0.25) is 4.79 Å². The number of ether oxygens (including phenoxy) is 2. The predicted octanol–water partition coefficient (Wildman–Crippen LogP) is 6.60. The summed E-state index contributed by atoms with van der Waals surface area (Å²) >= 11 is 6.10. The van der Waals surface area contributed by atoms with Crippen LogP contribution in [0.15, 0.2) is 60.7 Å². The highest BCUT2D eigenvalue weighted by atomic mass is 35.5. The summed E-state index contributed by atoms with van der Waals surface area (Å²) < 4.78 is 13.9. The van der Waals surface area contributed by atoms with E-state index < -0.39 is 0 Å². The summed E-state index contributed by atoms with van der Waals surface area (Å²) in [4.78, 5) is 17.2. The van der Waals surface area contributed by atoms with Crippen LogP contribution < -0.4 is 14.8 Å². The van der Waals surface area contributed by atoms with Crippen molar-refractivity contribution in [1.29, 1.82) is 0 Å². The quantitative estimate of drug-likeness (QED) is 0.197. The number of amides is 1. The van der Waals surface area contributed by atoms with Gasteiger partial charge in [0, 0.05) is 24.5 Å². The van der Waals surface area contributed by atoms with E-state index in [2.05, 4.69) is 16.0 Å². The molecule has 1 amide bonds. The molecule has 0 bridgehead atoms. The topological polar surface area (TPSA) is 65.4 Å². The van der Waals surface area contributed by atoms with Gasteiger partial charge in [-0.15, -0.1) is 0 Å². The Kier molecular flexibility index (Phi) is 9.66. The van der Waals surface area contributed by atoms with Crippen LogP contribution >= 0.6 is 11.6 Å². The van der Waals surface area contributed by atoms with E-state index in [4.69, 9.17) is 26.1 Å². The van der Waals surface area contributed by atoms with Crippen LogP contribution in [0, 0.1) is 20.8 Å². The Hall–Kier alpha value is -3.51. The van der Waals surface area contributed by atoms with Crippen molar-refractivity contribution < 1.29 is 14.3 Å². The molecule has 0 aliphatic carbocycles. The molecule has 6 nitrogen and oxygen atoms in total. The van der Waals surface area contributed by atoms with Crippen molar-refractivity contribution in [2.24, 2.45) is 0 Å². The van der Waals surface area contributed by atoms with Gasteiger partial charge in [-0.25, -0.2) is 4.98 Å². The first-order valence-electron chi connectivity index (χ1n) is 13.2. The summed E-state index contributed by atoms with van der Waals surface area (Å²) in [5.74, 6) is 2.53. The number of hydrogen-bond donors (Lipinski definition) is 1. The molecule has 1 aromatic heterocycles. The van der Waals surface area contributed by atoms with Crippen molar-refractivity contribution in [1.82, 2.24) is 14.9 Å². The second-order valence-corrected chi connectivity index (χ2v) is 10.1. The van der Waals surface area contributed by atoms with Crippen molar-refractivity contribution in [2.75, 3.05) is 19.8 Å². The zero-order valence-corrected chi connectivity index (χ0v) is 23.2. The number of hydrogen-bond acceptors (Lipinski definition) is 4. The molecule has 0 unspecified atom stereocenters. The van der Waals surface area contributed by atoms with Crippen molar-refractivity contribution in [3.8, 4) is 11.5 Å². The van der Waals surface area contributed by atoms with E-state index in [9.17, 15) is 4.79 Å². The van der Waals surface area contributed by atoms with E-state index >= 15 is 0 Å². The molecule has 1 heterocycles. The van der Waals surface area contributed by atoms with E-state index in [0.717, 1.165) is 82.3 Å². The van der Waals surface area contributed by atoms with E-state index in [1.165, 1.54) is 0 Å². The van der Waals surface area contributed by atoms with Crippen LogP contribution in [-0.4, -0.2) is 35.2 Å². The van der Waals surface area contributed by atoms with E-state index in [-0.39, 0.29) is 12.5 Å². The summed E-state index contributed by atoms with van der Waals surface area (Å²) in [5.41, 5.74) is 5.29. The third-order valence-electron chi connectivity index (χ3n) is 6.51. The highest BCUT2D eigenvalue weighted by molar-refractivity contribution is 6.31. The summed E-state index contributed by atoms with van der Waals surface area (Å²) in [6.07, 6.45) is 3.50. The molecule has 4 aromatic rings. The van der Waals surface area contributed by atoms with Crippen LogP contribution in [0.5, 0.6) is 11.5 Å². The van der Waals surface area contributed by atoms with Gasteiger partial charge < -0.3 is 19.4 Å². The van der Waals surface area contributed by atoms with E-state index in [1.54, 1.807) is 0 Å². The van der Waals surface area contributed by atoms with Gasteiger partial charge in [-0.2, -0.15) is 0 Å². The van der Waals surface area contributed by atoms with Crippen LogP contribution in [0.2, 0.25) is 5.02 Å². The van der Waals surface area contributed by atoms with Gasteiger partial charge in [0.05, 0.1) is 17.6 Å². The fourth-order valence-corrected chi connectivity index (χ4v) is 4.48. The van der Waals surface area contributed by atoms with Crippen molar-refractivity contribution in [2.45, 2.75) is 53.0 Å². The van der Waals surface area contributed by atoms with Crippen LogP contribution in [-0.2, 0) is 17.8 Å². The third kappa shape index (κ3) is 7.51. The SMILES string of the molecule is Cc1ccc(C)c(OCC(=O)NCCCc2nc3ccccc3n2CCCCOc2ccc(Cl)c(C)c2)c1. The lowest BCUT2D eigenvalue weighted by Crippen LogP contribution is -2.30. The fourth-order valence-electron chi connectivity index (χ4n) is 4.37. The number of fused-ring (bicyclic) bond motifs is 1. The monoisotopic (exact) mass is 533 g/mol. The van der Waals surface area contributed by atoms with Crippen LogP contribution in [0.4, 0.5) is 0 Å². The highest BCUT2D eigenvalue weighted by Crippen LogP contribution is 2.22. The lowest BCUT2D eigenvalue weighted by molar-refractivity contribution is -0.123. The molecule has 0 aliphatic rings. The zero-order valence-electron chi connectivity index (χ0n) is 22.4. The molecule has 3 aromatic carbocycles. The first-order valence-corrected chi connectivity index (χ1v) is 13.6. The molecule has 4 rings (SSSR count). The predicted molar refractivity (Wildman–Crippen MR) is 153 cm³/mol.